The Hall–Kier alpha value is -2.94. The average molecular weight is 287 g/mol. The molecule has 2 aromatic carbocycles. The molecule has 0 radical (unpaired) electrons. The summed E-state index contributed by atoms with van der Waals surface area (Å²) in [6.07, 6.45) is 1.74. The van der Waals surface area contributed by atoms with Crippen molar-refractivity contribution in [2.45, 2.75) is 6.92 Å². The standard InChI is InChI=1S/C19H17N3/c1-15(21-22-19-9-5-6-14-20-19)16-10-12-18(13-11-16)17-7-3-2-4-8-17/h2-14H,1H3,(H,20,22). The molecule has 3 nitrogen and oxygen atoms in total. The molecule has 1 aromatic heterocycles. The molecule has 0 amide bonds. The molecule has 0 aliphatic heterocycles. The van der Waals surface area contributed by atoms with E-state index in [-0.39, 0.29) is 0 Å². The lowest BCUT2D eigenvalue weighted by Gasteiger charge is -2.05. The first-order valence-corrected chi connectivity index (χ1v) is 7.20. The van der Waals surface area contributed by atoms with Crippen LogP contribution in [-0.4, -0.2) is 10.7 Å². The van der Waals surface area contributed by atoms with E-state index in [9.17, 15) is 0 Å². The SMILES string of the molecule is CC(=NNc1ccccn1)c1ccc(-c2ccccc2)cc1. The van der Waals surface area contributed by atoms with Crippen LogP contribution in [-0.2, 0) is 0 Å². The van der Waals surface area contributed by atoms with Crippen LogP contribution in [0.1, 0.15) is 12.5 Å². The van der Waals surface area contributed by atoms with E-state index in [1.807, 2.05) is 43.3 Å². The predicted molar refractivity (Wildman–Crippen MR) is 91.9 cm³/mol. The smallest absolute Gasteiger partial charge is 0.146 e. The first kappa shape index (κ1) is 14.0. The molecule has 0 saturated carbocycles. The van der Waals surface area contributed by atoms with Crippen LogP contribution in [0.15, 0.2) is 84.1 Å². The van der Waals surface area contributed by atoms with Gasteiger partial charge in [0.1, 0.15) is 5.82 Å². The van der Waals surface area contributed by atoms with Crippen molar-refractivity contribution in [1.29, 1.82) is 0 Å². The third-order valence-corrected chi connectivity index (χ3v) is 3.41. The maximum Gasteiger partial charge on any atom is 0.146 e. The number of rotatable bonds is 4. The van der Waals surface area contributed by atoms with Gasteiger partial charge in [-0.1, -0.05) is 60.7 Å². The number of anilines is 1. The second kappa shape index (κ2) is 6.68. The fourth-order valence-electron chi connectivity index (χ4n) is 2.17. The quantitative estimate of drug-likeness (QED) is 0.563. The van der Waals surface area contributed by atoms with E-state index in [1.54, 1.807) is 6.20 Å². The van der Waals surface area contributed by atoms with Crippen molar-refractivity contribution in [1.82, 2.24) is 4.98 Å². The molecule has 3 aromatic rings. The van der Waals surface area contributed by atoms with Crippen molar-refractivity contribution in [3.05, 3.63) is 84.6 Å². The van der Waals surface area contributed by atoms with Crippen molar-refractivity contribution in [3.63, 3.8) is 0 Å². The average Bonchev–Trinajstić information content (AvgIpc) is 2.61. The van der Waals surface area contributed by atoms with Gasteiger partial charge in [0.2, 0.25) is 0 Å². The van der Waals surface area contributed by atoms with Gasteiger partial charge in [0, 0.05) is 6.20 Å². The maximum atomic E-state index is 4.37. The van der Waals surface area contributed by atoms with Crippen molar-refractivity contribution in [2.24, 2.45) is 5.10 Å². The highest BCUT2D eigenvalue weighted by Crippen LogP contribution is 2.19. The van der Waals surface area contributed by atoms with E-state index in [0.29, 0.717) is 0 Å². The van der Waals surface area contributed by atoms with Gasteiger partial charge in [-0.3, -0.25) is 5.43 Å². The van der Waals surface area contributed by atoms with Crippen molar-refractivity contribution >= 4 is 11.5 Å². The van der Waals surface area contributed by atoms with Crippen molar-refractivity contribution in [2.75, 3.05) is 5.43 Å². The molecule has 22 heavy (non-hydrogen) atoms. The number of nitrogens with zero attached hydrogens (tertiary/aromatic N) is 2. The molecule has 0 fully saturated rings. The van der Waals surface area contributed by atoms with Gasteiger partial charge in [-0.05, 0) is 35.7 Å². The van der Waals surface area contributed by atoms with Gasteiger partial charge >= 0.3 is 0 Å². The normalized spacial score (nSPS) is 11.2. The Morgan fingerprint density at radius 3 is 2.18 bits per heavy atom. The topological polar surface area (TPSA) is 37.3 Å². The predicted octanol–water partition coefficient (Wildman–Crippen LogP) is 4.58. The zero-order chi connectivity index (χ0) is 15.2. The van der Waals surface area contributed by atoms with E-state index in [0.717, 1.165) is 17.1 Å². The van der Waals surface area contributed by atoms with Gasteiger partial charge in [0.15, 0.2) is 0 Å². The first-order valence-electron chi connectivity index (χ1n) is 7.20. The van der Waals surface area contributed by atoms with Crippen LogP contribution in [0, 0.1) is 0 Å². The molecule has 1 heterocycles. The van der Waals surface area contributed by atoms with Gasteiger partial charge in [-0.25, -0.2) is 4.98 Å². The van der Waals surface area contributed by atoms with Crippen LogP contribution in [0.3, 0.4) is 0 Å². The van der Waals surface area contributed by atoms with Crippen LogP contribution in [0.25, 0.3) is 11.1 Å². The molecule has 1 N–H and O–H groups in total. The highest BCUT2D eigenvalue weighted by Gasteiger charge is 2.00. The van der Waals surface area contributed by atoms with Gasteiger partial charge in [-0.2, -0.15) is 5.10 Å². The Balaban J connectivity index is 1.75. The van der Waals surface area contributed by atoms with Crippen LogP contribution in [0.5, 0.6) is 0 Å². The minimum atomic E-state index is 0.739. The summed E-state index contributed by atoms with van der Waals surface area (Å²) in [6, 6.07) is 24.4. The molecular formula is C19H17N3. The lowest BCUT2D eigenvalue weighted by molar-refractivity contribution is 1.22. The lowest BCUT2D eigenvalue weighted by atomic mass is 10.0. The monoisotopic (exact) mass is 287 g/mol. The van der Waals surface area contributed by atoms with Gasteiger partial charge in [-0.15, -0.1) is 0 Å². The summed E-state index contributed by atoms with van der Waals surface area (Å²) in [5, 5.41) is 4.37. The van der Waals surface area contributed by atoms with E-state index in [2.05, 4.69) is 51.9 Å². The molecule has 0 saturated heterocycles. The van der Waals surface area contributed by atoms with E-state index in [1.165, 1.54) is 11.1 Å². The zero-order valence-electron chi connectivity index (χ0n) is 12.4. The molecule has 3 rings (SSSR count). The van der Waals surface area contributed by atoms with Crippen LogP contribution in [0.2, 0.25) is 0 Å². The first-order chi connectivity index (χ1) is 10.8. The second-order valence-corrected chi connectivity index (χ2v) is 4.97. The molecule has 0 bridgehead atoms. The number of hydrazone groups is 1. The Kier molecular flexibility index (Phi) is 4.25. The van der Waals surface area contributed by atoms with E-state index in [4.69, 9.17) is 0 Å². The number of benzene rings is 2. The Bertz CT molecular complexity index is 748. The minimum absolute atomic E-state index is 0.739. The summed E-state index contributed by atoms with van der Waals surface area (Å²) in [6.45, 7) is 1.98. The molecule has 108 valence electrons. The summed E-state index contributed by atoms with van der Waals surface area (Å²) < 4.78 is 0. The summed E-state index contributed by atoms with van der Waals surface area (Å²) in [5.41, 5.74) is 7.40. The number of aromatic nitrogens is 1. The zero-order valence-corrected chi connectivity index (χ0v) is 12.4. The van der Waals surface area contributed by atoms with Crippen LogP contribution >= 0.6 is 0 Å². The summed E-state index contributed by atoms with van der Waals surface area (Å²) in [4.78, 5) is 4.18. The molecule has 0 spiro atoms. The van der Waals surface area contributed by atoms with Crippen molar-refractivity contribution in [3.8, 4) is 11.1 Å². The molecule has 0 unspecified atom stereocenters. The number of hydrogen-bond acceptors (Lipinski definition) is 3. The molecule has 3 heteroatoms. The maximum absolute atomic E-state index is 4.37. The fourth-order valence-corrected chi connectivity index (χ4v) is 2.17. The summed E-state index contributed by atoms with van der Waals surface area (Å²) in [5.74, 6) is 0.739. The number of hydrogen-bond donors (Lipinski definition) is 1. The summed E-state index contributed by atoms with van der Waals surface area (Å²) >= 11 is 0. The Labute approximate surface area is 130 Å². The number of nitrogens with one attached hydrogen (secondary N) is 1. The van der Waals surface area contributed by atoms with Gasteiger partial charge < -0.3 is 0 Å². The minimum Gasteiger partial charge on any atom is -0.261 e. The second-order valence-electron chi connectivity index (χ2n) is 4.97. The highest BCUT2D eigenvalue weighted by atomic mass is 15.3. The Morgan fingerprint density at radius 1 is 0.818 bits per heavy atom. The number of pyridine rings is 1. The van der Waals surface area contributed by atoms with Gasteiger partial charge in [0.05, 0.1) is 5.71 Å². The lowest BCUT2D eigenvalue weighted by Crippen LogP contribution is -2.00. The van der Waals surface area contributed by atoms with Gasteiger partial charge in [0.25, 0.3) is 0 Å². The molecular weight excluding hydrogens is 270 g/mol. The Morgan fingerprint density at radius 2 is 1.50 bits per heavy atom. The van der Waals surface area contributed by atoms with Crippen LogP contribution in [0.4, 0.5) is 5.82 Å². The van der Waals surface area contributed by atoms with E-state index >= 15 is 0 Å². The largest absolute Gasteiger partial charge is 0.261 e. The fraction of sp³-hybridized carbons (Fsp3) is 0.0526. The van der Waals surface area contributed by atoms with Crippen molar-refractivity contribution < 1.29 is 0 Å². The molecule has 0 aliphatic rings. The van der Waals surface area contributed by atoms with Crippen LogP contribution < -0.4 is 5.43 Å². The third-order valence-electron chi connectivity index (χ3n) is 3.41. The van der Waals surface area contributed by atoms with E-state index < -0.39 is 0 Å². The summed E-state index contributed by atoms with van der Waals surface area (Å²) in [7, 11) is 0. The molecule has 0 aliphatic carbocycles. The third kappa shape index (κ3) is 3.38. The molecule has 0 atom stereocenters. The highest BCUT2D eigenvalue weighted by molar-refractivity contribution is 5.99.